The normalized spacial score (nSPS) is 14.6. The second-order valence-electron chi connectivity index (χ2n) is 8.98. The molecule has 0 atom stereocenters. The highest BCUT2D eigenvalue weighted by atomic mass is 16.4. The summed E-state index contributed by atoms with van der Waals surface area (Å²) >= 11 is 0. The van der Waals surface area contributed by atoms with Crippen LogP contribution in [-0.4, -0.2) is 30.8 Å². The van der Waals surface area contributed by atoms with Crippen molar-refractivity contribution in [3.8, 4) is 22.6 Å². The van der Waals surface area contributed by atoms with Crippen molar-refractivity contribution in [2.45, 2.75) is 38.1 Å². The molecule has 3 aromatic carbocycles. The maximum atomic E-state index is 11.5. The highest BCUT2D eigenvalue weighted by Crippen LogP contribution is 2.36. The van der Waals surface area contributed by atoms with Gasteiger partial charge < -0.3 is 9.67 Å². The molecule has 0 saturated heterocycles. The molecular formula is C28H24N4O2. The zero-order valence-corrected chi connectivity index (χ0v) is 18.7. The van der Waals surface area contributed by atoms with Crippen LogP contribution in [0.5, 0.6) is 0 Å². The molecule has 0 bridgehead atoms. The number of carboxylic acids is 1. The number of rotatable bonds is 4. The zero-order chi connectivity index (χ0) is 23.1. The van der Waals surface area contributed by atoms with Gasteiger partial charge in [0.05, 0.1) is 22.1 Å². The Bertz CT molecular complexity index is 1520. The van der Waals surface area contributed by atoms with Crippen molar-refractivity contribution in [1.29, 1.82) is 0 Å². The number of benzene rings is 3. The van der Waals surface area contributed by atoms with Crippen molar-refractivity contribution in [2.75, 3.05) is 0 Å². The van der Waals surface area contributed by atoms with E-state index in [1.54, 1.807) is 12.1 Å². The monoisotopic (exact) mass is 448 g/mol. The van der Waals surface area contributed by atoms with Gasteiger partial charge in [0.2, 0.25) is 0 Å². The molecule has 1 aliphatic rings. The van der Waals surface area contributed by atoms with Crippen LogP contribution in [-0.2, 0) is 0 Å². The molecule has 1 saturated carbocycles. The van der Waals surface area contributed by atoms with E-state index in [4.69, 9.17) is 4.98 Å². The lowest BCUT2D eigenvalue weighted by atomic mass is 9.95. The van der Waals surface area contributed by atoms with Gasteiger partial charge in [-0.15, -0.1) is 10.2 Å². The Balaban J connectivity index is 1.48. The summed E-state index contributed by atoms with van der Waals surface area (Å²) in [5.41, 5.74) is 5.66. The third-order valence-corrected chi connectivity index (χ3v) is 6.80. The first-order valence-corrected chi connectivity index (χ1v) is 11.8. The maximum Gasteiger partial charge on any atom is 0.335 e. The molecule has 6 rings (SSSR count). The summed E-state index contributed by atoms with van der Waals surface area (Å²) in [7, 11) is 0. The molecule has 34 heavy (non-hydrogen) atoms. The zero-order valence-electron chi connectivity index (χ0n) is 18.7. The molecule has 1 N–H and O–H groups in total. The highest BCUT2D eigenvalue weighted by molar-refractivity contribution is 5.93. The topological polar surface area (TPSA) is 80.9 Å². The molecule has 168 valence electrons. The van der Waals surface area contributed by atoms with E-state index in [-0.39, 0.29) is 5.56 Å². The first kappa shape index (κ1) is 20.5. The van der Waals surface area contributed by atoms with Gasteiger partial charge >= 0.3 is 5.97 Å². The van der Waals surface area contributed by atoms with Crippen molar-refractivity contribution in [2.24, 2.45) is 0 Å². The van der Waals surface area contributed by atoms with E-state index in [1.165, 1.54) is 19.3 Å². The minimum absolute atomic E-state index is 0.241. The van der Waals surface area contributed by atoms with Crippen LogP contribution in [0.2, 0.25) is 0 Å². The molecular weight excluding hydrogens is 424 g/mol. The summed E-state index contributed by atoms with van der Waals surface area (Å²) in [6.07, 6.45) is 5.79. The fourth-order valence-electron chi connectivity index (χ4n) is 5.08. The lowest BCUT2D eigenvalue weighted by Crippen LogP contribution is -2.14. The van der Waals surface area contributed by atoms with Gasteiger partial charge in [-0.1, -0.05) is 61.7 Å². The Morgan fingerprint density at radius 2 is 1.65 bits per heavy atom. The first-order valence-electron chi connectivity index (χ1n) is 11.8. The second kappa shape index (κ2) is 8.37. The lowest BCUT2D eigenvalue weighted by Gasteiger charge is -2.25. The first-order chi connectivity index (χ1) is 16.7. The number of imidazole rings is 1. The van der Waals surface area contributed by atoms with E-state index in [0.29, 0.717) is 17.3 Å². The minimum Gasteiger partial charge on any atom is -0.478 e. The van der Waals surface area contributed by atoms with E-state index in [9.17, 15) is 9.90 Å². The van der Waals surface area contributed by atoms with Gasteiger partial charge in [0.15, 0.2) is 5.82 Å². The van der Waals surface area contributed by atoms with Gasteiger partial charge in [0, 0.05) is 11.4 Å². The number of nitrogens with zero attached hydrogens (tertiary/aromatic N) is 4. The average Bonchev–Trinajstić information content (AvgIpc) is 3.28. The maximum absolute atomic E-state index is 11.5. The van der Waals surface area contributed by atoms with Gasteiger partial charge in [0.1, 0.15) is 5.69 Å². The number of carboxylic acid groups (broad SMARTS) is 1. The Kier molecular flexibility index (Phi) is 5.06. The lowest BCUT2D eigenvalue weighted by molar-refractivity contribution is 0.0697. The van der Waals surface area contributed by atoms with E-state index in [1.807, 2.05) is 30.3 Å². The molecule has 1 fully saturated rings. The molecule has 0 spiro atoms. The Hall–Kier alpha value is -4.06. The smallest absolute Gasteiger partial charge is 0.335 e. The predicted molar refractivity (Wildman–Crippen MR) is 133 cm³/mol. The summed E-state index contributed by atoms with van der Waals surface area (Å²) in [5.74, 6) is -0.193. The van der Waals surface area contributed by atoms with Gasteiger partial charge in [-0.25, -0.2) is 9.78 Å². The third-order valence-electron chi connectivity index (χ3n) is 6.80. The molecule has 0 aliphatic heterocycles. The summed E-state index contributed by atoms with van der Waals surface area (Å²) < 4.78 is 2.26. The molecule has 0 amide bonds. The van der Waals surface area contributed by atoms with Gasteiger partial charge in [-0.2, -0.15) is 0 Å². The largest absolute Gasteiger partial charge is 0.478 e. The summed E-state index contributed by atoms with van der Waals surface area (Å²) in [5, 5.41) is 19.6. The van der Waals surface area contributed by atoms with Crippen LogP contribution in [0, 0.1) is 0 Å². The van der Waals surface area contributed by atoms with Crippen LogP contribution in [0.25, 0.3) is 44.6 Å². The average molecular weight is 449 g/mol. The van der Waals surface area contributed by atoms with Gasteiger partial charge in [-0.3, -0.25) is 0 Å². The molecule has 1 aliphatic carbocycles. The molecule has 5 aromatic rings. The van der Waals surface area contributed by atoms with E-state index in [0.717, 1.165) is 46.2 Å². The number of aromatic carboxylic acids is 1. The standard InChI is InChI=1S/C28H24N4O2/c33-28(34)21-13-14-26-24(17-21)29-27(32(26)22-9-5-2-6-10-22)25-16-20-12-11-19(15-23(20)30-31-25)18-7-3-1-4-8-18/h1,3-4,7-8,11-17,22H,2,5-6,9-10H2,(H,33,34). The Morgan fingerprint density at radius 3 is 2.44 bits per heavy atom. The number of hydrogen-bond acceptors (Lipinski definition) is 4. The van der Waals surface area contributed by atoms with Gasteiger partial charge in [0.25, 0.3) is 0 Å². The SMILES string of the molecule is O=C(O)c1ccc2c(c1)nc(-c1cc3ccc(-c4ccccc4)cc3nn1)n2C1CCCCC1. The molecule has 2 aromatic heterocycles. The predicted octanol–water partition coefficient (Wildman–Crippen LogP) is 6.52. The number of hydrogen-bond donors (Lipinski definition) is 1. The molecule has 6 nitrogen and oxygen atoms in total. The van der Waals surface area contributed by atoms with Crippen LogP contribution in [0.3, 0.4) is 0 Å². The molecule has 0 radical (unpaired) electrons. The van der Waals surface area contributed by atoms with Crippen molar-refractivity contribution >= 4 is 27.9 Å². The number of aromatic nitrogens is 4. The van der Waals surface area contributed by atoms with Crippen LogP contribution in [0.1, 0.15) is 48.5 Å². The van der Waals surface area contributed by atoms with E-state index < -0.39 is 5.97 Å². The fourth-order valence-corrected chi connectivity index (χ4v) is 5.08. The third kappa shape index (κ3) is 3.61. The minimum atomic E-state index is -0.949. The van der Waals surface area contributed by atoms with Crippen LogP contribution in [0.4, 0.5) is 0 Å². The van der Waals surface area contributed by atoms with Crippen molar-refractivity contribution in [3.05, 3.63) is 78.4 Å². The fraction of sp³-hybridized carbons (Fsp3) is 0.214. The Morgan fingerprint density at radius 1 is 0.824 bits per heavy atom. The highest BCUT2D eigenvalue weighted by Gasteiger charge is 2.24. The summed E-state index contributed by atoms with van der Waals surface area (Å²) in [6, 6.07) is 24.0. The van der Waals surface area contributed by atoms with Crippen molar-refractivity contribution in [1.82, 2.24) is 19.7 Å². The van der Waals surface area contributed by atoms with Crippen molar-refractivity contribution in [3.63, 3.8) is 0 Å². The number of fused-ring (bicyclic) bond motifs is 2. The molecule has 2 heterocycles. The molecule has 0 unspecified atom stereocenters. The number of carbonyl (C=O) groups is 1. The summed E-state index contributed by atoms with van der Waals surface area (Å²) in [4.78, 5) is 16.4. The van der Waals surface area contributed by atoms with E-state index in [2.05, 4.69) is 45.1 Å². The van der Waals surface area contributed by atoms with Crippen LogP contribution in [0.15, 0.2) is 72.8 Å². The second-order valence-corrected chi connectivity index (χ2v) is 8.98. The van der Waals surface area contributed by atoms with Crippen LogP contribution < -0.4 is 0 Å². The van der Waals surface area contributed by atoms with Crippen LogP contribution >= 0.6 is 0 Å². The van der Waals surface area contributed by atoms with Gasteiger partial charge in [-0.05, 0) is 54.3 Å². The summed E-state index contributed by atoms with van der Waals surface area (Å²) in [6.45, 7) is 0. The van der Waals surface area contributed by atoms with E-state index >= 15 is 0 Å². The van der Waals surface area contributed by atoms with Crippen molar-refractivity contribution < 1.29 is 9.90 Å². The molecule has 6 heteroatoms. The quantitative estimate of drug-likeness (QED) is 0.339. The Labute approximate surface area is 196 Å².